The summed E-state index contributed by atoms with van der Waals surface area (Å²) < 4.78 is 6.36. The molecule has 60 valence electrons. The van der Waals surface area contributed by atoms with Crippen molar-refractivity contribution in [3.8, 4) is 0 Å². The molecule has 1 rings (SSSR count). The zero-order valence-electron chi connectivity index (χ0n) is 6.48. The van der Waals surface area contributed by atoms with Crippen LogP contribution in [0.2, 0.25) is 0 Å². The van der Waals surface area contributed by atoms with Crippen LogP contribution in [0.4, 0.5) is 0 Å². The van der Waals surface area contributed by atoms with Crippen LogP contribution < -0.4 is 0 Å². The lowest BCUT2D eigenvalue weighted by atomic mass is 9.98. The molecule has 0 saturated heterocycles. The number of alkyl halides is 1. The molecule has 0 aliphatic heterocycles. The van der Waals surface area contributed by atoms with E-state index in [0.29, 0.717) is 6.10 Å². The lowest BCUT2D eigenvalue weighted by molar-refractivity contribution is 0.0450. The highest BCUT2D eigenvalue weighted by Gasteiger charge is 2.22. The van der Waals surface area contributed by atoms with Gasteiger partial charge in [-0.05, 0) is 19.8 Å². The van der Waals surface area contributed by atoms with Gasteiger partial charge in [-0.25, -0.2) is 0 Å². The SMILES string of the molecule is CCO[C@H]1CCCC[C@@H]1I. The summed E-state index contributed by atoms with van der Waals surface area (Å²) in [5.41, 5.74) is 0. The molecule has 0 radical (unpaired) electrons. The largest absolute Gasteiger partial charge is 0.377 e. The summed E-state index contributed by atoms with van der Waals surface area (Å²) in [7, 11) is 0. The van der Waals surface area contributed by atoms with Crippen LogP contribution in [0.3, 0.4) is 0 Å². The van der Waals surface area contributed by atoms with Crippen molar-refractivity contribution in [1.82, 2.24) is 0 Å². The predicted molar refractivity (Wildman–Crippen MR) is 51.7 cm³/mol. The van der Waals surface area contributed by atoms with Gasteiger partial charge in [0.25, 0.3) is 0 Å². The molecule has 1 saturated carbocycles. The molecule has 0 aromatic rings. The Labute approximate surface area is 76.7 Å². The minimum Gasteiger partial charge on any atom is -0.377 e. The van der Waals surface area contributed by atoms with Crippen molar-refractivity contribution in [1.29, 1.82) is 0 Å². The van der Waals surface area contributed by atoms with Gasteiger partial charge in [0.05, 0.1) is 6.10 Å². The Morgan fingerprint density at radius 1 is 1.40 bits per heavy atom. The van der Waals surface area contributed by atoms with Gasteiger partial charge in [-0.15, -0.1) is 0 Å². The normalized spacial score (nSPS) is 34.2. The molecule has 0 N–H and O–H groups in total. The highest BCUT2D eigenvalue weighted by atomic mass is 127. The zero-order chi connectivity index (χ0) is 7.40. The third kappa shape index (κ3) is 2.38. The number of hydrogen-bond acceptors (Lipinski definition) is 1. The van der Waals surface area contributed by atoms with Crippen LogP contribution in [0.5, 0.6) is 0 Å². The molecule has 1 aliphatic carbocycles. The fourth-order valence-corrected chi connectivity index (χ4v) is 2.46. The first-order valence-corrected chi connectivity index (χ1v) is 5.35. The number of ether oxygens (including phenoxy) is 1. The first-order valence-electron chi connectivity index (χ1n) is 4.10. The molecular weight excluding hydrogens is 239 g/mol. The van der Waals surface area contributed by atoms with Crippen molar-refractivity contribution in [2.75, 3.05) is 6.61 Å². The van der Waals surface area contributed by atoms with E-state index in [-0.39, 0.29) is 0 Å². The summed E-state index contributed by atoms with van der Waals surface area (Å²) in [6, 6.07) is 0. The second-order valence-corrected chi connectivity index (χ2v) is 4.39. The Bertz CT molecular complexity index is 93.3. The van der Waals surface area contributed by atoms with Crippen molar-refractivity contribution in [2.24, 2.45) is 0 Å². The molecule has 0 aromatic carbocycles. The average Bonchev–Trinajstić information content (AvgIpc) is 1.94. The number of hydrogen-bond donors (Lipinski definition) is 0. The maximum absolute atomic E-state index is 5.59. The van der Waals surface area contributed by atoms with E-state index >= 15 is 0 Å². The fourth-order valence-electron chi connectivity index (χ4n) is 1.45. The topological polar surface area (TPSA) is 9.23 Å². The monoisotopic (exact) mass is 254 g/mol. The van der Waals surface area contributed by atoms with Crippen molar-refractivity contribution in [3.05, 3.63) is 0 Å². The van der Waals surface area contributed by atoms with Crippen molar-refractivity contribution < 1.29 is 4.74 Å². The predicted octanol–water partition coefficient (Wildman–Crippen LogP) is 2.77. The molecule has 0 amide bonds. The van der Waals surface area contributed by atoms with Gasteiger partial charge < -0.3 is 4.74 Å². The van der Waals surface area contributed by atoms with Crippen molar-refractivity contribution >= 4 is 22.6 Å². The van der Waals surface area contributed by atoms with Gasteiger partial charge in [0.1, 0.15) is 0 Å². The van der Waals surface area contributed by atoms with Gasteiger partial charge in [-0.2, -0.15) is 0 Å². The molecule has 1 aliphatic rings. The van der Waals surface area contributed by atoms with Gasteiger partial charge in [0, 0.05) is 10.5 Å². The van der Waals surface area contributed by atoms with Gasteiger partial charge in [0.15, 0.2) is 0 Å². The molecule has 2 heteroatoms. The minimum absolute atomic E-state index is 0.555. The van der Waals surface area contributed by atoms with Crippen LogP contribution in [-0.2, 0) is 4.74 Å². The first kappa shape index (κ1) is 8.78. The first-order chi connectivity index (χ1) is 4.84. The maximum atomic E-state index is 5.59. The molecule has 0 heterocycles. The average molecular weight is 254 g/mol. The fraction of sp³-hybridized carbons (Fsp3) is 1.00. The Balaban J connectivity index is 2.25. The van der Waals surface area contributed by atoms with E-state index in [1.165, 1.54) is 25.7 Å². The van der Waals surface area contributed by atoms with Crippen LogP contribution in [-0.4, -0.2) is 16.6 Å². The van der Waals surface area contributed by atoms with Gasteiger partial charge in [-0.3, -0.25) is 0 Å². The molecule has 0 unspecified atom stereocenters. The lowest BCUT2D eigenvalue weighted by Crippen LogP contribution is -2.27. The lowest BCUT2D eigenvalue weighted by Gasteiger charge is -2.26. The minimum atomic E-state index is 0.555. The molecular formula is C8H15IO. The summed E-state index contributed by atoms with van der Waals surface area (Å²) >= 11 is 2.52. The Hall–Kier alpha value is 0.690. The van der Waals surface area contributed by atoms with Crippen molar-refractivity contribution in [3.63, 3.8) is 0 Å². The van der Waals surface area contributed by atoms with E-state index in [4.69, 9.17) is 4.74 Å². The van der Waals surface area contributed by atoms with E-state index < -0.39 is 0 Å². The maximum Gasteiger partial charge on any atom is 0.0692 e. The van der Waals surface area contributed by atoms with E-state index in [1.54, 1.807) is 0 Å². The molecule has 2 atom stereocenters. The molecule has 10 heavy (non-hydrogen) atoms. The zero-order valence-corrected chi connectivity index (χ0v) is 8.63. The molecule has 1 fully saturated rings. The van der Waals surface area contributed by atoms with Gasteiger partial charge in [-0.1, -0.05) is 35.4 Å². The Morgan fingerprint density at radius 3 is 2.70 bits per heavy atom. The highest BCUT2D eigenvalue weighted by Crippen LogP contribution is 2.26. The van der Waals surface area contributed by atoms with E-state index in [1.807, 2.05) is 0 Å². The quantitative estimate of drug-likeness (QED) is 0.544. The van der Waals surface area contributed by atoms with E-state index in [9.17, 15) is 0 Å². The second-order valence-electron chi connectivity index (χ2n) is 2.79. The summed E-state index contributed by atoms with van der Waals surface area (Å²) in [5, 5.41) is 0. The second kappa shape index (κ2) is 4.54. The van der Waals surface area contributed by atoms with Crippen LogP contribution in [0.15, 0.2) is 0 Å². The molecule has 0 bridgehead atoms. The van der Waals surface area contributed by atoms with E-state index in [2.05, 4.69) is 29.5 Å². The third-order valence-electron chi connectivity index (χ3n) is 2.00. The Kier molecular flexibility index (Phi) is 3.99. The highest BCUT2D eigenvalue weighted by molar-refractivity contribution is 14.1. The van der Waals surface area contributed by atoms with Crippen LogP contribution >= 0.6 is 22.6 Å². The molecule has 0 spiro atoms. The summed E-state index contributed by atoms with van der Waals surface area (Å²) in [4.78, 5) is 0. The van der Waals surface area contributed by atoms with Gasteiger partial charge >= 0.3 is 0 Å². The van der Waals surface area contributed by atoms with Crippen LogP contribution in [0.1, 0.15) is 32.6 Å². The number of rotatable bonds is 2. The van der Waals surface area contributed by atoms with Gasteiger partial charge in [0.2, 0.25) is 0 Å². The summed E-state index contributed by atoms with van der Waals surface area (Å²) in [6.07, 6.45) is 5.95. The number of halogens is 1. The van der Waals surface area contributed by atoms with Crippen molar-refractivity contribution in [2.45, 2.75) is 42.6 Å². The molecule has 1 nitrogen and oxygen atoms in total. The Morgan fingerprint density at radius 2 is 2.10 bits per heavy atom. The van der Waals surface area contributed by atoms with Crippen LogP contribution in [0.25, 0.3) is 0 Å². The summed E-state index contributed by atoms with van der Waals surface area (Å²) in [6.45, 7) is 2.96. The summed E-state index contributed by atoms with van der Waals surface area (Å²) in [5.74, 6) is 0. The molecule has 0 aromatic heterocycles. The third-order valence-corrected chi connectivity index (χ3v) is 3.43. The van der Waals surface area contributed by atoms with Crippen LogP contribution in [0, 0.1) is 0 Å². The van der Waals surface area contributed by atoms with E-state index in [0.717, 1.165) is 10.5 Å². The smallest absolute Gasteiger partial charge is 0.0692 e. The standard InChI is InChI=1S/C8H15IO/c1-2-10-8-6-4-3-5-7(8)9/h7-8H,2-6H2,1H3/t7-,8-/m0/s1.